The second-order valence-electron chi connectivity index (χ2n) is 4.46. The van der Waals surface area contributed by atoms with Crippen LogP contribution >= 0.6 is 24.2 Å². The van der Waals surface area contributed by atoms with Gasteiger partial charge in [-0.05, 0) is 31.5 Å². The first kappa shape index (κ1) is 16.3. The van der Waals surface area contributed by atoms with Gasteiger partial charge in [0.2, 0.25) is 5.91 Å². The molecule has 1 atom stereocenters. The second kappa shape index (κ2) is 9.23. The molecule has 1 aliphatic rings. The number of piperidine rings is 1. The molecule has 1 amide bonds. The van der Waals surface area contributed by atoms with Gasteiger partial charge in [0, 0.05) is 17.2 Å². The maximum Gasteiger partial charge on any atom is 0.237 e. The van der Waals surface area contributed by atoms with E-state index in [-0.39, 0.29) is 24.4 Å². The van der Waals surface area contributed by atoms with E-state index in [1.807, 2.05) is 18.2 Å². The molecule has 1 aliphatic heterocycles. The monoisotopic (exact) mass is 300 g/mol. The molecule has 0 spiro atoms. The smallest absolute Gasteiger partial charge is 0.237 e. The van der Waals surface area contributed by atoms with Crippen LogP contribution in [0.1, 0.15) is 19.3 Å². The van der Waals surface area contributed by atoms with Gasteiger partial charge in [-0.15, -0.1) is 24.2 Å². The van der Waals surface area contributed by atoms with Gasteiger partial charge in [0.05, 0.1) is 6.04 Å². The quantitative estimate of drug-likeness (QED) is 0.648. The van der Waals surface area contributed by atoms with Gasteiger partial charge in [-0.2, -0.15) is 0 Å². The summed E-state index contributed by atoms with van der Waals surface area (Å²) in [5.74, 6) is 1.08. The molecule has 2 N–H and O–H groups in total. The standard InChI is InChI=1S/C14H20N2OS.ClH/c17-14(13-8-4-5-9-15-13)16-10-11-18-12-6-2-1-3-7-12;/h1-3,6-7,13,15H,4-5,8-11H2,(H,16,17);1H/t13-;/m0./s1. The largest absolute Gasteiger partial charge is 0.354 e. The van der Waals surface area contributed by atoms with E-state index in [9.17, 15) is 4.79 Å². The molecule has 3 nitrogen and oxygen atoms in total. The molecule has 0 unspecified atom stereocenters. The van der Waals surface area contributed by atoms with Gasteiger partial charge in [-0.1, -0.05) is 24.6 Å². The third-order valence-corrected chi connectivity index (χ3v) is 4.05. The van der Waals surface area contributed by atoms with E-state index in [2.05, 4.69) is 22.8 Å². The molecule has 1 aromatic rings. The van der Waals surface area contributed by atoms with Gasteiger partial charge in [0.1, 0.15) is 0 Å². The fourth-order valence-electron chi connectivity index (χ4n) is 2.06. The van der Waals surface area contributed by atoms with E-state index in [0.29, 0.717) is 0 Å². The Hall–Kier alpha value is -0.710. The first-order valence-electron chi connectivity index (χ1n) is 6.55. The van der Waals surface area contributed by atoms with Crippen LogP contribution in [-0.2, 0) is 4.79 Å². The van der Waals surface area contributed by atoms with Crippen LogP contribution in [-0.4, -0.2) is 30.8 Å². The number of nitrogens with one attached hydrogen (secondary N) is 2. The summed E-state index contributed by atoms with van der Waals surface area (Å²) < 4.78 is 0. The fraction of sp³-hybridized carbons (Fsp3) is 0.500. The van der Waals surface area contributed by atoms with Gasteiger partial charge in [0.15, 0.2) is 0 Å². The lowest BCUT2D eigenvalue weighted by molar-refractivity contribution is -0.123. The van der Waals surface area contributed by atoms with Crippen LogP contribution in [0.3, 0.4) is 0 Å². The van der Waals surface area contributed by atoms with Crippen molar-refractivity contribution in [3.05, 3.63) is 30.3 Å². The number of benzene rings is 1. The summed E-state index contributed by atoms with van der Waals surface area (Å²) in [7, 11) is 0. The van der Waals surface area contributed by atoms with Gasteiger partial charge in [-0.3, -0.25) is 4.79 Å². The first-order chi connectivity index (χ1) is 8.86. The molecular weight excluding hydrogens is 280 g/mol. The van der Waals surface area contributed by atoms with Gasteiger partial charge < -0.3 is 10.6 Å². The first-order valence-corrected chi connectivity index (χ1v) is 7.54. The highest BCUT2D eigenvalue weighted by atomic mass is 35.5. The van der Waals surface area contributed by atoms with Crippen LogP contribution < -0.4 is 10.6 Å². The Bertz CT molecular complexity index is 369. The van der Waals surface area contributed by atoms with Crippen LogP contribution in [0, 0.1) is 0 Å². The molecule has 0 radical (unpaired) electrons. The summed E-state index contributed by atoms with van der Waals surface area (Å²) >= 11 is 1.77. The molecule has 1 fully saturated rings. The van der Waals surface area contributed by atoms with Gasteiger partial charge in [-0.25, -0.2) is 0 Å². The Balaban J connectivity index is 0.00000180. The van der Waals surface area contributed by atoms with Gasteiger partial charge >= 0.3 is 0 Å². The zero-order valence-corrected chi connectivity index (χ0v) is 12.6. The Kier molecular flexibility index (Phi) is 7.94. The third kappa shape index (κ3) is 5.85. The molecule has 1 heterocycles. The molecule has 5 heteroatoms. The number of halogens is 1. The second-order valence-corrected chi connectivity index (χ2v) is 5.62. The lowest BCUT2D eigenvalue weighted by atomic mass is 10.0. The Labute approximate surface area is 125 Å². The zero-order valence-electron chi connectivity index (χ0n) is 10.9. The average Bonchev–Trinajstić information content (AvgIpc) is 2.45. The van der Waals surface area contributed by atoms with Crippen molar-refractivity contribution >= 4 is 30.1 Å². The zero-order chi connectivity index (χ0) is 12.6. The highest BCUT2D eigenvalue weighted by Gasteiger charge is 2.19. The van der Waals surface area contributed by atoms with E-state index in [4.69, 9.17) is 0 Å². The maximum atomic E-state index is 11.8. The number of amides is 1. The fourth-order valence-corrected chi connectivity index (χ4v) is 2.85. The summed E-state index contributed by atoms with van der Waals surface area (Å²) in [5, 5.41) is 6.26. The molecule has 1 aromatic carbocycles. The van der Waals surface area contributed by atoms with Crippen molar-refractivity contribution in [1.29, 1.82) is 0 Å². The maximum absolute atomic E-state index is 11.8. The summed E-state index contributed by atoms with van der Waals surface area (Å²) in [6.07, 6.45) is 3.31. The molecule has 0 saturated carbocycles. The number of carbonyl (C=O) groups excluding carboxylic acids is 1. The van der Waals surface area contributed by atoms with E-state index >= 15 is 0 Å². The number of thioether (sulfide) groups is 1. The average molecular weight is 301 g/mol. The molecule has 0 aromatic heterocycles. The van der Waals surface area contributed by atoms with E-state index in [1.54, 1.807) is 11.8 Å². The third-order valence-electron chi connectivity index (χ3n) is 3.04. The molecule has 2 rings (SSSR count). The van der Waals surface area contributed by atoms with Crippen LogP contribution in [0.25, 0.3) is 0 Å². The number of rotatable bonds is 5. The predicted molar refractivity (Wildman–Crippen MR) is 83.1 cm³/mol. The van der Waals surface area contributed by atoms with E-state index in [0.717, 1.165) is 31.7 Å². The van der Waals surface area contributed by atoms with E-state index < -0.39 is 0 Å². The number of hydrogen-bond acceptors (Lipinski definition) is 3. The van der Waals surface area contributed by atoms with Crippen LogP contribution in [0.2, 0.25) is 0 Å². The summed E-state index contributed by atoms with van der Waals surface area (Å²) in [5.41, 5.74) is 0. The van der Waals surface area contributed by atoms with Crippen LogP contribution in [0.5, 0.6) is 0 Å². The van der Waals surface area contributed by atoms with Crippen molar-refractivity contribution in [3.8, 4) is 0 Å². The molecule has 0 aliphatic carbocycles. The highest BCUT2D eigenvalue weighted by molar-refractivity contribution is 7.99. The molecule has 106 valence electrons. The van der Waals surface area contributed by atoms with E-state index in [1.165, 1.54) is 11.3 Å². The van der Waals surface area contributed by atoms with Crippen molar-refractivity contribution < 1.29 is 4.79 Å². The Morgan fingerprint density at radius 3 is 2.79 bits per heavy atom. The lowest BCUT2D eigenvalue weighted by Gasteiger charge is -2.22. The molecule has 1 saturated heterocycles. The topological polar surface area (TPSA) is 41.1 Å². The minimum absolute atomic E-state index is 0. The number of hydrogen-bond donors (Lipinski definition) is 2. The molecule has 19 heavy (non-hydrogen) atoms. The summed E-state index contributed by atoms with van der Waals surface area (Å²) in [6, 6.07) is 10.3. The normalized spacial score (nSPS) is 18.4. The molecule has 0 bridgehead atoms. The predicted octanol–water partition coefficient (Wildman–Crippen LogP) is 2.46. The summed E-state index contributed by atoms with van der Waals surface area (Å²) in [6.45, 7) is 1.70. The lowest BCUT2D eigenvalue weighted by Crippen LogP contribution is -2.47. The molecular formula is C14H21ClN2OS. The van der Waals surface area contributed by atoms with Crippen molar-refractivity contribution in [2.75, 3.05) is 18.8 Å². The van der Waals surface area contributed by atoms with Crippen LogP contribution in [0.15, 0.2) is 35.2 Å². The Morgan fingerprint density at radius 1 is 1.32 bits per heavy atom. The van der Waals surface area contributed by atoms with Gasteiger partial charge in [0.25, 0.3) is 0 Å². The SMILES string of the molecule is Cl.O=C(NCCSc1ccccc1)[C@@H]1CCCCN1. The van der Waals surface area contributed by atoms with Crippen molar-refractivity contribution in [2.45, 2.75) is 30.2 Å². The highest BCUT2D eigenvalue weighted by Crippen LogP contribution is 2.15. The summed E-state index contributed by atoms with van der Waals surface area (Å²) in [4.78, 5) is 13.1. The minimum Gasteiger partial charge on any atom is -0.354 e. The van der Waals surface area contributed by atoms with Crippen molar-refractivity contribution in [3.63, 3.8) is 0 Å². The Morgan fingerprint density at radius 2 is 2.11 bits per heavy atom. The number of carbonyl (C=O) groups is 1. The van der Waals surface area contributed by atoms with Crippen molar-refractivity contribution in [2.24, 2.45) is 0 Å². The van der Waals surface area contributed by atoms with Crippen LogP contribution in [0.4, 0.5) is 0 Å². The van der Waals surface area contributed by atoms with Crippen molar-refractivity contribution in [1.82, 2.24) is 10.6 Å². The minimum atomic E-state index is 0.